The maximum absolute atomic E-state index is 11.2. The summed E-state index contributed by atoms with van der Waals surface area (Å²) >= 11 is 0. The zero-order valence-electron chi connectivity index (χ0n) is 13.7. The molecule has 0 aliphatic carbocycles. The van der Waals surface area contributed by atoms with Crippen molar-refractivity contribution in [2.45, 2.75) is 46.1 Å². The van der Waals surface area contributed by atoms with Crippen molar-refractivity contribution in [1.29, 1.82) is 0 Å². The second kappa shape index (κ2) is 7.81. The van der Waals surface area contributed by atoms with Crippen molar-refractivity contribution in [2.24, 2.45) is 4.99 Å². The molecular formula is C17H26N2O2. The summed E-state index contributed by atoms with van der Waals surface area (Å²) in [6, 6.07) is 8.40. The Labute approximate surface area is 127 Å². The highest BCUT2D eigenvalue weighted by atomic mass is 16.5. The molecule has 116 valence electrons. The van der Waals surface area contributed by atoms with E-state index >= 15 is 0 Å². The van der Waals surface area contributed by atoms with E-state index in [0.29, 0.717) is 13.0 Å². The van der Waals surface area contributed by atoms with Crippen LogP contribution in [0, 0.1) is 6.92 Å². The standard InChI is InChI=1S/C17H26N2O2/c1-13-6-8-14(9-7-13)12-15(19-17(2,3)4)18-11-10-16(20)21-5/h6-9H,10-12H2,1-5H3,(H,18,19). The van der Waals surface area contributed by atoms with Gasteiger partial charge in [0.15, 0.2) is 0 Å². The molecule has 21 heavy (non-hydrogen) atoms. The third kappa shape index (κ3) is 7.49. The van der Waals surface area contributed by atoms with Crippen LogP contribution in [0.3, 0.4) is 0 Å². The molecule has 0 saturated carbocycles. The van der Waals surface area contributed by atoms with E-state index in [4.69, 9.17) is 0 Å². The Morgan fingerprint density at radius 1 is 1.24 bits per heavy atom. The Kier molecular flexibility index (Phi) is 6.40. The fourth-order valence-electron chi connectivity index (χ4n) is 1.86. The van der Waals surface area contributed by atoms with Crippen molar-refractivity contribution < 1.29 is 9.53 Å². The number of nitrogens with one attached hydrogen (secondary N) is 1. The van der Waals surface area contributed by atoms with Gasteiger partial charge in [-0.3, -0.25) is 9.79 Å². The lowest BCUT2D eigenvalue weighted by Gasteiger charge is -2.23. The van der Waals surface area contributed by atoms with Gasteiger partial charge in [-0.2, -0.15) is 0 Å². The topological polar surface area (TPSA) is 50.7 Å². The van der Waals surface area contributed by atoms with Crippen LogP contribution in [-0.4, -0.2) is 31.0 Å². The van der Waals surface area contributed by atoms with Crippen LogP contribution in [0.4, 0.5) is 0 Å². The van der Waals surface area contributed by atoms with Gasteiger partial charge in [0, 0.05) is 12.0 Å². The number of benzene rings is 1. The van der Waals surface area contributed by atoms with Gasteiger partial charge in [-0.1, -0.05) is 29.8 Å². The molecule has 4 heteroatoms. The number of hydrogen-bond acceptors (Lipinski definition) is 3. The average molecular weight is 290 g/mol. The number of ether oxygens (including phenoxy) is 1. The number of hydrogen-bond donors (Lipinski definition) is 1. The summed E-state index contributed by atoms with van der Waals surface area (Å²) in [4.78, 5) is 15.7. The number of nitrogens with zero attached hydrogens (tertiary/aromatic N) is 1. The molecule has 0 spiro atoms. The predicted octanol–water partition coefficient (Wildman–Crippen LogP) is 2.89. The van der Waals surface area contributed by atoms with Gasteiger partial charge in [0.2, 0.25) is 0 Å². The number of amidine groups is 1. The van der Waals surface area contributed by atoms with E-state index in [-0.39, 0.29) is 11.5 Å². The summed E-state index contributed by atoms with van der Waals surface area (Å²) in [6.45, 7) is 8.80. The van der Waals surface area contributed by atoms with E-state index in [1.165, 1.54) is 18.2 Å². The molecule has 1 aromatic rings. The van der Waals surface area contributed by atoms with Gasteiger partial charge in [0.1, 0.15) is 5.84 Å². The van der Waals surface area contributed by atoms with Gasteiger partial charge in [-0.15, -0.1) is 0 Å². The van der Waals surface area contributed by atoms with Crippen LogP contribution in [0.15, 0.2) is 29.3 Å². The van der Waals surface area contributed by atoms with Crippen molar-refractivity contribution in [3.05, 3.63) is 35.4 Å². The van der Waals surface area contributed by atoms with Crippen molar-refractivity contribution in [2.75, 3.05) is 13.7 Å². The quantitative estimate of drug-likeness (QED) is 0.515. The molecule has 0 fully saturated rings. The number of esters is 1. The van der Waals surface area contributed by atoms with Crippen LogP contribution in [0.5, 0.6) is 0 Å². The first kappa shape index (κ1) is 17.2. The first-order valence-electron chi connectivity index (χ1n) is 7.24. The first-order valence-corrected chi connectivity index (χ1v) is 7.24. The molecule has 0 amide bonds. The highest BCUT2D eigenvalue weighted by Crippen LogP contribution is 2.07. The lowest BCUT2D eigenvalue weighted by atomic mass is 10.1. The summed E-state index contributed by atoms with van der Waals surface area (Å²) in [5.74, 6) is 0.666. The minimum Gasteiger partial charge on any atom is -0.469 e. The van der Waals surface area contributed by atoms with Crippen molar-refractivity contribution in [3.63, 3.8) is 0 Å². The third-order valence-electron chi connectivity index (χ3n) is 2.86. The Bertz CT molecular complexity index is 485. The van der Waals surface area contributed by atoms with Crippen LogP contribution in [-0.2, 0) is 16.0 Å². The molecule has 0 bridgehead atoms. The molecule has 0 aromatic heterocycles. The molecule has 4 nitrogen and oxygen atoms in total. The first-order chi connectivity index (χ1) is 9.80. The Balaban J connectivity index is 2.74. The highest BCUT2D eigenvalue weighted by molar-refractivity contribution is 5.85. The van der Waals surface area contributed by atoms with Crippen LogP contribution >= 0.6 is 0 Å². The predicted molar refractivity (Wildman–Crippen MR) is 86.7 cm³/mol. The molecule has 0 unspecified atom stereocenters. The Morgan fingerprint density at radius 2 is 1.86 bits per heavy atom. The second-order valence-corrected chi connectivity index (χ2v) is 6.19. The van der Waals surface area contributed by atoms with Crippen LogP contribution in [0.2, 0.25) is 0 Å². The summed E-state index contributed by atoms with van der Waals surface area (Å²) < 4.78 is 4.64. The molecule has 0 aliphatic heterocycles. The fourth-order valence-corrected chi connectivity index (χ4v) is 1.86. The molecule has 1 rings (SSSR count). The molecule has 0 radical (unpaired) electrons. The minimum atomic E-state index is -0.232. The number of aryl methyl sites for hydroxylation is 1. The highest BCUT2D eigenvalue weighted by Gasteiger charge is 2.13. The lowest BCUT2D eigenvalue weighted by molar-refractivity contribution is -0.140. The van der Waals surface area contributed by atoms with E-state index in [9.17, 15) is 4.79 Å². The SMILES string of the molecule is COC(=O)CCN=C(Cc1ccc(C)cc1)NC(C)(C)C. The van der Waals surface area contributed by atoms with Crippen LogP contribution < -0.4 is 5.32 Å². The normalized spacial score (nSPS) is 12.1. The number of carbonyl (C=O) groups excluding carboxylic acids is 1. The maximum atomic E-state index is 11.2. The smallest absolute Gasteiger partial charge is 0.307 e. The number of carbonyl (C=O) groups is 1. The second-order valence-electron chi connectivity index (χ2n) is 6.19. The lowest BCUT2D eigenvalue weighted by Crippen LogP contribution is -2.41. The summed E-state index contributed by atoms with van der Waals surface area (Å²) in [7, 11) is 1.40. The van der Waals surface area contributed by atoms with E-state index in [1.807, 2.05) is 0 Å². The summed E-state index contributed by atoms with van der Waals surface area (Å²) in [5, 5.41) is 3.41. The average Bonchev–Trinajstić information content (AvgIpc) is 2.39. The van der Waals surface area contributed by atoms with Gasteiger partial charge in [-0.25, -0.2) is 0 Å². The van der Waals surface area contributed by atoms with Gasteiger partial charge >= 0.3 is 5.97 Å². The molecule has 1 N–H and O–H groups in total. The molecule has 0 aliphatic rings. The van der Waals surface area contributed by atoms with Gasteiger partial charge in [-0.05, 0) is 33.3 Å². The number of methoxy groups -OCH3 is 1. The van der Waals surface area contributed by atoms with Crippen molar-refractivity contribution >= 4 is 11.8 Å². The van der Waals surface area contributed by atoms with E-state index in [2.05, 4.69) is 67.0 Å². The van der Waals surface area contributed by atoms with Gasteiger partial charge in [0.05, 0.1) is 20.1 Å². The summed E-state index contributed by atoms with van der Waals surface area (Å²) in [6.07, 6.45) is 1.04. The molecule has 0 heterocycles. The zero-order valence-corrected chi connectivity index (χ0v) is 13.7. The zero-order chi connectivity index (χ0) is 15.9. The third-order valence-corrected chi connectivity index (χ3v) is 2.86. The van der Waals surface area contributed by atoms with Gasteiger partial charge < -0.3 is 10.1 Å². The Morgan fingerprint density at radius 3 is 2.38 bits per heavy atom. The van der Waals surface area contributed by atoms with E-state index in [1.54, 1.807) is 0 Å². The van der Waals surface area contributed by atoms with Crippen molar-refractivity contribution in [1.82, 2.24) is 5.32 Å². The van der Waals surface area contributed by atoms with Crippen molar-refractivity contribution in [3.8, 4) is 0 Å². The molecule has 0 saturated heterocycles. The fraction of sp³-hybridized carbons (Fsp3) is 0.529. The van der Waals surface area contributed by atoms with E-state index in [0.717, 1.165) is 12.3 Å². The monoisotopic (exact) mass is 290 g/mol. The minimum absolute atomic E-state index is 0.0607. The number of rotatable bonds is 5. The summed E-state index contributed by atoms with van der Waals surface area (Å²) in [5.41, 5.74) is 2.38. The van der Waals surface area contributed by atoms with Gasteiger partial charge in [0.25, 0.3) is 0 Å². The van der Waals surface area contributed by atoms with Crippen LogP contribution in [0.25, 0.3) is 0 Å². The van der Waals surface area contributed by atoms with E-state index < -0.39 is 0 Å². The largest absolute Gasteiger partial charge is 0.469 e. The molecule has 1 aromatic carbocycles. The molecular weight excluding hydrogens is 264 g/mol. The maximum Gasteiger partial charge on any atom is 0.307 e. The Hall–Kier alpha value is -1.84. The van der Waals surface area contributed by atoms with Crippen LogP contribution in [0.1, 0.15) is 38.3 Å². The molecule has 0 atom stereocenters. The number of aliphatic imine (C=N–C) groups is 1.